The quantitative estimate of drug-likeness (QED) is 0.575. The molecule has 0 N–H and O–H groups in total. The molecule has 0 saturated carbocycles. The van der Waals surface area contributed by atoms with Crippen LogP contribution in [0.5, 0.6) is 0 Å². The van der Waals surface area contributed by atoms with Crippen LogP contribution < -0.4 is 0 Å². The summed E-state index contributed by atoms with van der Waals surface area (Å²) in [5.41, 5.74) is 0.853. The normalized spacial score (nSPS) is 15.9. The van der Waals surface area contributed by atoms with Crippen LogP contribution >= 0.6 is 0 Å². The highest BCUT2D eigenvalue weighted by Gasteiger charge is 2.33. The SMILES string of the molecule is O=C(C=Cc1ccccc1)N1CCN(S(=O)(=O)c2ccc(F)c(F)c2F)CC1. The molecule has 5 nitrogen and oxygen atoms in total. The second-order valence-corrected chi connectivity index (χ2v) is 8.05. The van der Waals surface area contributed by atoms with Gasteiger partial charge in [0.2, 0.25) is 15.9 Å². The van der Waals surface area contributed by atoms with Crippen LogP contribution in [-0.2, 0) is 14.8 Å². The van der Waals surface area contributed by atoms with Crippen molar-refractivity contribution in [1.82, 2.24) is 9.21 Å². The lowest BCUT2D eigenvalue weighted by atomic mass is 10.2. The lowest BCUT2D eigenvalue weighted by Crippen LogP contribution is -2.50. The van der Waals surface area contributed by atoms with E-state index >= 15 is 0 Å². The first kappa shape index (κ1) is 20.1. The summed E-state index contributed by atoms with van der Waals surface area (Å²) < 4.78 is 66.4. The van der Waals surface area contributed by atoms with Crippen LogP contribution in [0.4, 0.5) is 13.2 Å². The van der Waals surface area contributed by atoms with Gasteiger partial charge in [0.1, 0.15) is 4.90 Å². The van der Waals surface area contributed by atoms with Crippen molar-refractivity contribution >= 4 is 22.0 Å². The van der Waals surface area contributed by atoms with Crippen molar-refractivity contribution < 1.29 is 26.4 Å². The van der Waals surface area contributed by atoms with Gasteiger partial charge in [0.15, 0.2) is 17.5 Å². The molecule has 1 amide bonds. The van der Waals surface area contributed by atoms with Gasteiger partial charge in [0, 0.05) is 32.3 Å². The van der Waals surface area contributed by atoms with E-state index < -0.39 is 32.4 Å². The van der Waals surface area contributed by atoms with E-state index in [0.29, 0.717) is 12.1 Å². The fourth-order valence-corrected chi connectivity index (χ4v) is 4.31. The minimum atomic E-state index is -4.34. The van der Waals surface area contributed by atoms with Crippen LogP contribution in [0.15, 0.2) is 53.4 Å². The number of nitrogens with zero attached hydrogens (tertiary/aromatic N) is 2. The largest absolute Gasteiger partial charge is 0.337 e. The molecule has 0 unspecified atom stereocenters. The Kier molecular flexibility index (Phi) is 5.85. The zero-order chi connectivity index (χ0) is 20.3. The molecule has 1 aliphatic rings. The summed E-state index contributed by atoms with van der Waals surface area (Å²) in [7, 11) is -4.34. The lowest BCUT2D eigenvalue weighted by Gasteiger charge is -2.33. The van der Waals surface area contributed by atoms with Gasteiger partial charge >= 0.3 is 0 Å². The first-order valence-corrected chi connectivity index (χ1v) is 9.90. The van der Waals surface area contributed by atoms with Crippen LogP contribution in [0.25, 0.3) is 6.08 Å². The van der Waals surface area contributed by atoms with Crippen LogP contribution in [0, 0.1) is 17.5 Å². The highest BCUT2D eigenvalue weighted by atomic mass is 32.2. The summed E-state index contributed by atoms with van der Waals surface area (Å²) in [6.45, 7) is 0.0440. The van der Waals surface area contributed by atoms with Gasteiger partial charge in [-0.1, -0.05) is 30.3 Å². The molecule has 2 aromatic carbocycles. The van der Waals surface area contributed by atoms with E-state index in [0.717, 1.165) is 9.87 Å². The molecule has 2 aromatic rings. The first-order chi connectivity index (χ1) is 13.3. The summed E-state index contributed by atoms with van der Waals surface area (Å²) in [5.74, 6) is -5.32. The van der Waals surface area contributed by atoms with Gasteiger partial charge in [-0.2, -0.15) is 4.31 Å². The molecule has 0 atom stereocenters. The molecular formula is C19H17F3N2O3S. The highest BCUT2D eigenvalue weighted by Crippen LogP contribution is 2.24. The van der Waals surface area contributed by atoms with Crippen molar-refractivity contribution in [3.05, 3.63) is 71.6 Å². The Hall–Kier alpha value is -2.65. The molecule has 28 heavy (non-hydrogen) atoms. The van der Waals surface area contributed by atoms with Crippen LogP contribution in [0.2, 0.25) is 0 Å². The maximum Gasteiger partial charge on any atom is 0.246 e. The Morgan fingerprint density at radius 2 is 1.54 bits per heavy atom. The van der Waals surface area contributed by atoms with Crippen LogP contribution in [0.3, 0.4) is 0 Å². The van der Waals surface area contributed by atoms with E-state index in [1.54, 1.807) is 6.08 Å². The Balaban J connectivity index is 1.67. The smallest absolute Gasteiger partial charge is 0.246 e. The Morgan fingerprint density at radius 3 is 2.18 bits per heavy atom. The zero-order valence-electron chi connectivity index (χ0n) is 14.7. The number of amides is 1. The van der Waals surface area contributed by atoms with Crippen molar-refractivity contribution in [2.45, 2.75) is 4.90 Å². The van der Waals surface area contributed by atoms with Crippen molar-refractivity contribution in [2.75, 3.05) is 26.2 Å². The number of rotatable bonds is 4. The average Bonchev–Trinajstić information content (AvgIpc) is 2.71. The van der Waals surface area contributed by atoms with E-state index in [9.17, 15) is 26.4 Å². The van der Waals surface area contributed by atoms with Gasteiger partial charge in [0.05, 0.1) is 0 Å². The lowest BCUT2D eigenvalue weighted by molar-refractivity contribution is -0.127. The summed E-state index contributed by atoms with van der Waals surface area (Å²) in [6.07, 6.45) is 3.05. The monoisotopic (exact) mass is 410 g/mol. The molecule has 9 heteroatoms. The van der Waals surface area contributed by atoms with Crippen LogP contribution in [0.1, 0.15) is 5.56 Å². The predicted molar refractivity (Wildman–Crippen MR) is 97.1 cm³/mol. The summed E-state index contributed by atoms with van der Waals surface area (Å²) in [4.78, 5) is 12.8. The van der Waals surface area contributed by atoms with Crippen molar-refractivity contribution in [3.63, 3.8) is 0 Å². The Morgan fingerprint density at radius 1 is 0.893 bits per heavy atom. The fraction of sp³-hybridized carbons (Fsp3) is 0.211. The van der Waals surface area contributed by atoms with Gasteiger partial charge in [-0.15, -0.1) is 0 Å². The molecular weight excluding hydrogens is 393 g/mol. The molecule has 1 fully saturated rings. The Bertz CT molecular complexity index is 1000. The molecule has 0 aromatic heterocycles. The minimum absolute atomic E-state index is 0.0777. The molecule has 0 bridgehead atoms. The number of carbonyl (C=O) groups excluding carboxylic acids is 1. The van der Waals surface area contributed by atoms with Crippen molar-refractivity contribution in [2.24, 2.45) is 0 Å². The number of halogens is 3. The molecule has 3 rings (SSSR count). The molecule has 0 spiro atoms. The second kappa shape index (κ2) is 8.15. The van der Waals surface area contributed by atoms with Crippen molar-refractivity contribution in [3.8, 4) is 0 Å². The fourth-order valence-electron chi connectivity index (χ4n) is 2.83. The van der Waals surface area contributed by atoms with E-state index in [4.69, 9.17) is 0 Å². The van der Waals surface area contributed by atoms with Gasteiger partial charge in [-0.3, -0.25) is 4.79 Å². The third-order valence-corrected chi connectivity index (χ3v) is 6.30. The molecule has 1 saturated heterocycles. The first-order valence-electron chi connectivity index (χ1n) is 8.46. The number of piperazine rings is 1. The summed E-state index contributed by atoms with van der Waals surface area (Å²) in [5, 5.41) is 0. The number of benzene rings is 2. The highest BCUT2D eigenvalue weighted by molar-refractivity contribution is 7.89. The number of hydrogen-bond acceptors (Lipinski definition) is 3. The topological polar surface area (TPSA) is 57.7 Å². The van der Waals surface area contributed by atoms with E-state index in [1.165, 1.54) is 11.0 Å². The molecule has 0 radical (unpaired) electrons. The maximum absolute atomic E-state index is 13.9. The van der Waals surface area contributed by atoms with Gasteiger partial charge in [-0.25, -0.2) is 21.6 Å². The van der Waals surface area contributed by atoms with E-state index in [-0.39, 0.29) is 32.1 Å². The van der Waals surface area contributed by atoms with Gasteiger partial charge < -0.3 is 4.90 Å². The van der Waals surface area contributed by atoms with Gasteiger partial charge in [0.25, 0.3) is 0 Å². The number of hydrogen-bond donors (Lipinski definition) is 0. The average molecular weight is 410 g/mol. The van der Waals surface area contributed by atoms with E-state index in [2.05, 4.69) is 0 Å². The summed E-state index contributed by atoms with van der Waals surface area (Å²) >= 11 is 0. The standard InChI is InChI=1S/C19H17F3N2O3S/c20-15-7-8-16(19(22)18(15)21)28(26,27)24-12-10-23(11-13-24)17(25)9-6-14-4-2-1-3-5-14/h1-9H,10-13H2. The van der Waals surface area contributed by atoms with Crippen LogP contribution in [-0.4, -0.2) is 49.7 Å². The summed E-state index contributed by atoms with van der Waals surface area (Å²) in [6, 6.07) is 10.5. The minimum Gasteiger partial charge on any atom is -0.337 e. The van der Waals surface area contributed by atoms with E-state index in [1.807, 2.05) is 30.3 Å². The third-order valence-electron chi connectivity index (χ3n) is 4.39. The Labute approximate surface area is 160 Å². The van der Waals surface area contributed by atoms with Gasteiger partial charge in [-0.05, 0) is 23.8 Å². The second-order valence-electron chi connectivity index (χ2n) is 6.15. The molecule has 1 aliphatic heterocycles. The number of sulfonamides is 1. The number of carbonyl (C=O) groups is 1. The molecule has 0 aliphatic carbocycles. The molecule has 148 valence electrons. The molecule has 1 heterocycles. The zero-order valence-corrected chi connectivity index (χ0v) is 15.5. The predicted octanol–water partition coefficient (Wildman–Crippen LogP) is 2.65. The van der Waals surface area contributed by atoms with Crippen molar-refractivity contribution in [1.29, 1.82) is 0 Å². The maximum atomic E-state index is 13.9. The third kappa shape index (κ3) is 4.10.